The Balaban J connectivity index is 2.14. The van der Waals surface area contributed by atoms with E-state index in [0.717, 1.165) is 27.6 Å². The molecular weight excluding hydrogens is 314 g/mol. The largest absolute Gasteiger partial charge is 0.337 e. The van der Waals surface area contributed by atoms with Crippen LogP contribution in [0.3, 0.4) is 0 Å². The van der Waals surface area contributed by atoms with Crippen LogP contribution in [0.15, 0.2) is 53.0 Å². The number of amides is 1. The molecule has 3 heteroatoms. The molecule has 104 valence electrons. The maximum Gasteiger partial charge on any atom is 0.254 e. The molecule has 1 amide bonds. The summed E-state index contributed by atoms with van der Waals surface area (Å²) in [6, 6.07) is 15.9. The number of carbonyl (C=O) groups is 1. The number of hydrogen-bond donors (Lipinski definition) is 0. The quantitative estimate of drug-likeness (QED) is 0.818. The predicted octanol–water partition coefficient (Wildman–Crippen LogP) is 4.28. The first-order valence-corrected chi connectivity index (χ1v) is 7.49. The van der Waals surface area contributed by atoms with E-state index in [-0.39, 0.29) is 5.91 Å². The van der Waals surface area contributed by atoms with Crippen molar-refractivity contribution in [2.75, 3.05) is 7.05 Å². The minimum atomic E-state index is 0.0744. The molecule has 0 heterocycles. The second-order valence-electron chi connectivity index (χ2n) is 4.80. The van der Waals surface area contributed by atoms with Crippen LogP contribution in [-0.4, -0.2) is 17.9 Å². The third kappa shape index (κ3) is 3.48. The van der Waals surface area contributed by atoms with Crippen LogP contribution < -0.4 is 0 Å². The monoisotopic (exact) mass is 331 g/mol. The Morgan fingerprint density at radius 1 is 1.10 bits per heavy atom. The van der Waals surface area contributed by atoms with Gasteiger partial charge in [0.2, 0.25) is 0 Å². The molecule has 0 aromatic heterocycles. The maximum absolute atomic E-state index is 12.5. The molecule has 0 saturated heterocycles. The standard InChI is InChI=1S/C17H18BrNO/c1-3-14-6-4-5-7-16(14)17(20)19(2)12-13-8-10-15(18)11-9-13/h4-11H,3,12H2,1-2H3. The van der Waals surface area contributed by atoms with Crippen LogP contribution in [0.1, 0.15) is 28.4 Å². The molecule has 0 bridgehead atoms. The Labute approximate surface area is 128 Å². The molecule has 0 unspecified atom stereocenters. The molecule has 0 radical (unpaired) electrons. The summed E-state index contributed by atoms with van der Waals surface area (Å²) in [7, 11) is 1.84. The molecule has 0 saturated carbocycles. The third-order valence-corrected chi connectivity index (χ3v) is 3.84. The van der Waals surface area contributed by atoms with E-state index in [2.05, 4.69) is 22.9 Å². The fourth-order valence-electron chi connectivity index (χ4n) is 2.18. The number of halogens is 1. The SMILES string of the molecule is CCc1ccccc1C(=O)N(C)Cc1ccc(Br)cc1. The molecule has 0 aliphatic carbocycles. The topological polar surface area (TPSA) is 20.3 Å². The minimum Gasteiger partial charge on any atom is -0.337 e. The lowest BCUT2D eigenvalue weighted by molar-refractivity contribution is 0.0784. The van der Waals surface area contributed by atoms with Crippen molar-refractivity contribution in [2.24, 2.45) is 0 Å². The molecule has 0 aliphatic rings. The van der Waals surface area contributed by atoms with Crippen LogP contribution >= 0.6 is 15.9 Å². The smallest absolute Gasteiger partial charge is 0.254 e. The molecule has 2 nitrogen and oxygen atoms in total. The zero-order chi connectivity index (χ0) is 14.5. The van der Waals surface area contributed by atoms with Gasteiger partial charge in [0.15, 0.2) is 0 Å². The van der Waals surface area contributed by atoms with E-state index in [1.807, 2.05) is 55.6 Å². The number of benzene rings is 2. The van der Waals surface area contributed by atoms with Gasteiger partial charge in [-0.25, -0.2) is 0 Å². The van der Waals surface area contributed by atoms with Gasteiger partial charge in [-0.2, -0.15) is 0 Å². The van der Waals surface area contributed by atoms with Gasteiger partial charge in [0.1, 0.15) is 0 Å². The molecule has 0 spiro atoms. The van der Waals surface area contributed by atoms with Crippen LogP contribution in [0.5, 0.6) is 0 Å². The van der Waals surface area contributed by atoms with Gasteiger partial charge >= 0.3 is 0 Å². The first-order chi connectivity index (χ1) is 9.61. The van der Waals surface area contributed by atoms with Crippen molar-refractivity contribution in [2.45, 2.75) is 19.9 Å². The Bertz CT molecular complexity index is 592. The molecule has 0 atom stereocenters. The summed E-state index contributed by atoms with van der Waals surface area (Å²) in [5.74, 6) is 0.0744. The molecule has 20 heavy (non-hydrogen) atoms. The Hall–Kier alpha value is -1.61. The van der Waals surface area contributed by atoms with E-state index >= 15 is 0 Å². The lowest BCUT2D eigenvalue weighted by atomic mass is 10.0. The van der Waals surface area contributed by atoms with Crippen molar-refractivity contribution in [1.29, 1.82) is 0 Å². The van der Waals surface area contributed by atoms with Gasteiger partial charge in [-0.1, -0.05) is 53.2 Å². The van der Waals surface area contributed by atoms with Crippen molar-refractivity contribution in [3.8, 4) is 0 Å². The molecule has 0 fully saturated rings. The van der Waals surface area contributed by atoms with Crippen LogP contribution in [-0.2, 0) is 13.0 Å². The van der Waals surface area contributed by atoms with Crippen LogP contribution in [0.25, 0.3) is 0 Å². The number of nitrogens with zero attached hydrogens (tertiary/aromatic N) is 1. The van der Waals surface area contributed by atoms with Gasteiger partial charge in [-0.05, 0) is 35.7 Å². The van der Waals surface area contributed by atoms with Gasteiger partial charge < -0.3 is 4.90 Å². The van der Waals surface area contributed by atoms with Crippen molar-refractivity contribution in [1.82, 2.24) is 4.90 Å². The number of hydrogen-bond acceptors (Lipinski definition) is 1. The molecule has 0 N–H and O–H groups in total. The van der Waals surface area contributed by atoms with E-state index in [0.29, 0.717) is 6.54 Å². The highest BCUT2D eigenvalue weighted by Crippen LogP contribution is 2.15. The van der Waals surface area contributed by atoms with E-state index in [4.69, 9.17) is 0 Å². The Morgan fingerprint density at radius 2 is 1.75 bits per heavy atom. The zero-order valence-electron chi connectivity index (χ0n) is 11.8. The van der Waals surface area contributed by atoms with E-state index in [9.17, 15) is 4.79 Å². The fraction of sp³-hybridized carbons (Fsp3) is 0.235. The Morgan fingerprint density at radius 3 is 2.40 bits per heavy atom. The second-order valence-corrected chi connectivity index (χ2v) is 5.71. The molecule has 2 rings (SSSR count). The van der Waals surface area contributed by atoms with Crippen LogP contribution in [0, 0.1) is 0 Å². The third-order valence-electron chi connectivity index (χ3n) is 3.31. The zero-order valence-corrected chi connectivity index (χ0v) is 13.4. The normalized spacial score (nSPS) is 10.3. The van der Waals surface area contributed by atoms with Gasteiger partial charge in [0.05, 0.1) is 0 Å². The first kappa shape index (κ1) is 14.8. The van der Waals surface area contributed by atoms with Crippen molar-refractivity contribution in [3.63, 3.8) is 0 Å². The van der Waals surface area contributed by atoms with Gasteiger partial charge in [-0.15, -0.1) is 0 Å². The van der Waals surface area contributed by atoms with Gasteiger partial charge in [-0.3, -0.25) is 4.79 Å². The highest BCUT2D eigenvalue weighted by atomic mass is 79.9. The van der Waals surface area contributed by atoms with Crippen molar-refractivity contribution < 1.29 is 4.79 Å². The highest BCUT2D eigenvalue weighted by Gasteiger charge is 2.14. The second kappa shape index (κ2) is 6.71. The summed E-state index contributed by atoms with van der Waals surface area (Å²) in [6.07, 6.45) is 0.869. The summed E-state index contributed by atoms with van der Waals surface area (Å²) < 4.78 is 1.05. The van der Waals surface area contributed by atoms with Gasteiger partial charge in [0.25, 0.3) is 5.91 Å². The van der Waals surface area contributed by atoms with E-state index in [1.54, 1.807) is 4.90 Å². The summed E-state index contributed by atoms with van der Waals surface area (Å²) in [4.78, 5) is 14.3. The van der Waals surface area contributed by atoms with Gasteiger partial charge in [0, 0.05) is 23.6 Å². The average Bonchev–Trinajstić information content (AvgIpc) is 2.48. The highest BCUT2D eigenvalue weighted by molar-refractivity contribution is 9.10. The maximum atomic E-state index is 12.5. The number of rotatable bonds is 4. The lowest BCUT2D eigenvalue weighted by Crippen LogP contribution is -2.27. The summed E-state index contributed by atoms with van der Waals surface area (Å²) in [6.45, 7) is 2.69. The van der Waals surface area contributed by atoms with Crippen molar-refractivity contribution >= 4 is 21.8 Å². The average molecular weight is 332 g/mol. The van der Waals surface area contributed by atoms with E-state index in [1.165, 1.54) is 0 Å². The lowest BCUT2D eigenvalue weighted by Gasteiger charge is -2.19. The summed E-state index contributed by atoms with van der Waals surface area (Å²) in [5.41, 5.74) is 3.02. The van der Waals surface area contributed by atoms with Crippen LogP contribution in [0.2, 0.25) is 0 Å². The molecule has 0 aliphatic heterocycles. The first-order valence-electron chi connectivity index (χ1n) is 6.69. The van der Waals surface area contributed by atoms with E-state index < -0.39 is 0 Å². The summed E-state index contributed by atoms with van der Waals surface area (Å²) >= 11 is 3.42. The number of aryl methyl sites for hydroxylation is 1. The van der Waals surface area contributed by atoms with Crippen LogP contribution in [0.4, 0.5) is 0 Å². The molecule has 2 aromatic rings. The fourth-order valence-corrected chi connectivity index (χ4v) is 2.44. The summed E-state index contributed by atoms with van der Waals surface area (Å²) in [5, 5.41) is 0. The molecular formula is C17H18BrNO. The molecule has 2 aromatic carbocycles. The van der Waals surface area contributed by atoms with Crippen molar-refractivity contribution in [3.05, 3.63) is 69.7 Å². The Kier molecular flexibility index (Phi) is 4.96. The predicted molar refractivity (Wildman–Crippen MR) is 85.8 cm³/mol. The minimum absolute atomic E-state index is 0.0744. The number of carbonyl (C=O) groups excluding carboxylic acids is 1.